The molecule has 2 rings (SSSR count). The normalized spacial score (nSPS) is 10.2. The Hall–Kier alpha value is -2.77. The topological polar surface area (TPSA) is 109 Å². The van der Waals surface area contributed by atoms with Crippen LogP contribution in [-0.2, 0) is 20.1 Å². The second-order valence-corrected chi connectivity index (χ2v) is 4.13. The molecule has 3 N–H and O–H groups in total. The molecule has 2 aromatic heterocycles. The summed E-state index contributed by atoms with van der Waals surface area (Å²) in [6.07, 6.45) is 3.46. The van der Waals surface area contributed by atoms with Gasteiger partial charge in [0.2, 0.25) is 5.76 Å². The van der Waals surface area contributed by atoms with Crippen LogP contribution in [0.5, 0.6) is 0 Å². The number of amides is 2. The van der Waals surface area contributed by atoms with Gasteiger partial charge in [-0.15, -0.1) is 0 Å². The van der Waals surface area contributed by atoms with E-state index >= 15 is 0 Å². The summed E-state index contributed by atoms with van der Waals surface area (Å²) in [4.78, 5) is 22.1. The molecule has 0 aromatic carbocycles. The average Bonchev–Trinajstić information content (AvgIpc) is 3.03. The lowest BCUT2D eigenvalue weighted by Crippen LogP contribution is -2.34. The number of carboxylic acids is 1. The molecular weight excluding hydrogens is 264 g/mol. The summed E-state index contributed by atoms with van der Waals surface area (Å²) in [5.74, 6) is -0.922. The fraction of sp³-hybridized carbons (Fsp3) is 0.250. The largest absolute Gasteiger partial charge is 0.475 e. The maximum atomic E-state index is 11.5. The van der Waals surface area contributed by atoms with E-state index in [0.717, 1.165) is 5.56 Å². The van der Waals surface area contributed by atoms with Crippen molar-refractivity contribution in [1.29, 1.82) is 0 Å². The number of aryl methyl sites for hydroxylation is 1. The van der Waals surface area contributed by atoms with Gasteiger partial charge in [-0.25, -0.2) is 9.59 Å². The SMILES string of the molecule is Cn1cc(CNC(=O)NCc2ccc(C(=O)O)o2)cn1. The lowest BCUT2D eigenvalue weighted by Gasteiger charge is -2.04. The van der Waals surface area contributed by atoms with Crippen LogP contribution in [0.3, 0.4) is 0 Å². The van der Waals surface area contributed by atoms with Crippen molar-refractivity contribution in [3.63, 3.8) is 0 Å². The van der Waals surface area contributed by atoms with E-state index in [-0.39, 0.29) is 18.3 Å². The second-order valence-electron chi connectivity index (χ2n) is 4.13. The zero-order valence-corrected chi connectivity index (χ0v) is 10.8. The molecule has 0 atom stereocenters. The summed E-state index contributed by atoms with van der Waals surface area (Å²) in [6, 6.07) is 2.47. The number of nitrogens with one attached hydrogen (secondary N) is 2. The fourth-order valence-corrected chi connectivity index (χ4v) is 1.56. The molecule has 0 radical (unpaired) electrons. The Morgan fingerprint density at radius 2 is 2.10 bits per heavy atom. The van der Waals surface area contributed by atoms with Gasteiger partial charge >= 0.3 is 12.0 Å². The van der Waals surface area contributed by atoms with Crippen molar-refractivity contribution < 1.29 is 19.1 Å². The number of rotatable bonds is 5. The summed E-state index contributed by atoms with van der Waals surface area (Å²) < 4.78 is 6.65. The van der Waals surface area contributed by atoms with E-state index < -0.39 is 5.97 Å². The number of carbonyl (C=O) groups excluding carboxylic acids is 1. The van der Waals surface area contributed by atoms with Crippen LogP contribution in [0.2, 0.25) is 0 Å². The molecule has 2 heterocycles. The van der Waals surface area contributed by atoms with Crippen LogP contribution in [0.1, 0.15) is 21.9 Å². The first-order valence-corrected chi connectivity index (χ1v) is 5.86. The molecule has 0 fully saturated rings. The Morgan fingerprint density at radius 3 is 2.70 bits per heavy atom. The van der Waals surface area contributed by atoms with Crippen molar-refractivity contribution in [2.45, 2.75) is 13.1 Å². The van der Waals surface area contributed by atoms with E-state index in [2.05, 4.69) is 15.7 Å². The van der Waals surface area contributed by atoms with Crippen LogP contribution in [0.25, 0.3) is 0 Å². The lowest BCUT2D eigenvalue weighted by atomic mass is 10.4. The average molecular weight is 278 g/mol. The van der Waals surface area contributed by atoms with Crippen LogP contribution in [-0.4, -0.2) is 26.9 Å². The van der Waals surface area contributed by atoms with Crippen molar-refractivity contribution in [2.75, 3.05) is 0 Å². The monoisotopic (exact) mass is 278 g/mol. The van der Waals surface area contributed by atoms with E-state index in [0.29, 0.717) is 12.3 Å². The van der Waals surface area contributed by atoms with Gasteiger partial charge in [-0.2, -0.15) is 5.10 Å². The van der Waals surface area contributed by atoms with Crippen molar-refractivity contribution in [1.82, 2.24) is 20.4 Å². The molecule has 0 aliphatic rings. The minimum absolute atomic E-state index is 0.117. The van der Waals surface area contributed by atoms with Crippen molar-refractivity contribution in [3.05, 3.63) is 41.6 Å². The van der Waals surface area contributed by atoms with Crippen LogP contribution in [0.4, 0.5) is 4.79 Å². The number of carbonyl (C=O) groups is 2. The Morgan fingerprint density at radius 1 is 1.35 bits per heavy atom. The number of aromatic nitrogens is 2. The fourth-order valence-electron chi connectivity index (χ4n) is 1.56. The predicted molar refractivity (Wildman–Crippen MR) is 68.0 cm³/mol. The standard InChI is InChI=1S/C12H14N4O4/c1-16-7-8(5-15-16)4-13-12(19)14-6-9-2-3-10(20-9)11(17)18/h2-3,5,7H,4,6H2,1H3,(H,17,18)(H2,13,14,19). The van der Waals surface area contributed by atoms with Crippen LogP contribution in [0.15, 0.2) is 28.9 Å². The van der Waals surface area contributed by atoms with Crippen LogP contribution in [0, 0.1) is 0 Å². The summed E-state index contributed by atoms with van der Waals surface area (Å²) in [5, 5.41) is 17.9. The molecule has 20 heavy (non-hydrogen) atoms. The van der Waals surface area contributed by atoms with Gasteiger partial charge in [-0.05, 0) is 12.1 Å². The highest BCUT2D eigenvalue weighted by atomic mass is 16.4. The Kier molecular flexibility index (Phi) is 4.04. The maximum Gasteiger partial charge on any atom is 0.371 e. The van der Waals surface area contributed by atoms with Crippen molar-refractivity contribution >= 4 is 12.0 Å². The first kappa shape index (κ1) is 13.7. The highest BCUT2D eigenvalue weighted by Crippen LogP contribution is 2.07. The van der Waals surface area contributed by atoms with E-state index in [1.807, 2.05) is 0 Å². The van der Waals surface area contributed by atoms with E-state index in [4.69, 9.17) is 9.52 Å². The minimum atomic E-state index is -1.14. The molecule has 0 saturated carbocycles. The summed E-state index contributed by atoms with van der Waals surface area (Å²) in [7, 11) is 1.79. The summed E-state index contributed by atoms with van der Waals surface area (Å²) in [5.41, 5.74) is 0.883. The Labute approximate surface area is 114 Å². The number of aromatic carboxylic acids is 1. The van der Waals surface area contributed by atoms with E-state index in [9.17, 15) is 9.59 Å². The number of nitrogens with zero attached hydrogens (tertiary/aromatic N) is 2. The minimum Gasteiger partial charge on any atom is -0.475 e. The van der Waals surface area contributed by atoms with Crippen molar-refractivity contribution in [2.24, 2.45) is 7.05 Å². The zero-order chi connectivity index (χ0) is 14.5. The van der Waals surface area contributed by atoms with Gasteiger partial charge in [0.25, 0.3) is 0 Å². The van der Waals surface area contributed by atoms with Gasteiger partial charge in [0.15, 0.2) is 0 Å². The molecule has 2 amide bonds. The summed E-state index contributed by atoms with van der Waals surface area (Å²) in [6.45, 7) is 0.477. The molecule has 8 nitrogen and oxygen atoms in total. The maximum absolute atomic E-state index is 11.5. The van der Waals surface area contributed by atoms with Gasteiger partial charge in [0.05, 0.1) is 12.7 Å². The third-order valence-electron chi connectivity index (χ3n) is 2.51. The third kappa shape index (κ3) is 3.61. The molecule has 0 unspecified atom stereocenters. The first-order valence-electron chi connectivity index (χ1n) is 5.86. The van der Waals surface area contributed by atoms with E-state index in [1.54, 1.807) is 24.1 Å². The smallest absolute Gasteiger partial charge is 0.371 e. The highest BCUT2D eigenvalue weighted by molar-refractivity contribution is 5.84. The zero-order valence-electron chi connectivity index (χ0n) is 10.8. The van der Waals surface area contributed by atoms with Gasteiger partial charge in [0.1, 0.15) is 5.76 Å². The van der Waals surface area contributed by atoms with Crippen LogP contribution < -0.4 is 10.6 Å². The molecule has 2 aromatic rings. The number of furan rings is 1. The van der Waals surface area contributed by atoms with Gasteiger partial charge < -0.3 is 20.2 Å². The van der Waals surface area contributed by atoms with Gasteiger partial charge in [-0.1, -0.05) is 0 Å². The van der Waals surface area contributed by atoms with Crippen molar-refractivity contribution in [3.8, 4) is 0 Å². The quantitative estimate of drug-likeness (QED) is 0.746. The molecule has 0 spiro atoms. The predicted octanol–water partition coefficient (Wildman–Crippen LogP) is 0.711. The van der Waals surface area contributed by atoms with E-state index in [1.165, 1.54) is 12.1 Å². The third-order valence-corrected chi connectivity index (χ3v) is 2.51. The van der Waals surface area contributed by atoms with Gasteiger partial charge in [-0.3, -0.25) is 4.68 Å². The van der Waals surface area contributed by atoms with Crippen LogP contribution >= 0.6 is 0 Å². The molecular formula is C12H14N4O4. The number of hydrogen-bond donors (Lipinski definition) is 3. The van der Waals surface area contributed by atoms with Gasteiger partial charge in [0, 0.05) is 25.4 Å². The number of urea groups is 1. The second kappa shape index (κ2) is 5.91. The highest BCUT2D eigenvalue weighted by Gasteiger charge is 2.09. The number of hydrogen-bond acceptors (Lipinski definition) is 4. The molecule has 8 heteroatoms. The Bertz CT molecular complexity index is 617. The molecule has 0 bridgehead atoms. The summed E-state index contributed by atoms with van der Waals surface area (Å²) >= 11 is 0. The molecule has 0 aliphatic heterocycles. The molecule has 106 valence electrons. The first-order chi connectivity index (χ1) is 9.54. The number of carboxylic acid groups (broad SMARTS) is 1. The Balaban J connectivity index is 1.75. The molecule has 0 aliphatic carbocycles. The molecule has 0 saturated heterocycles. The lowest BCUT2D eigenvalue weighted by molar-refractivity contribution is 0.0660.